The fourth-order valence-electron chi connectivity index (χ4n) is 4.80. The van der Waals surface area contributed by atoms with Gasteiger partial charge in [-0.3, -0.25) is 4.84 Å². The lowest BCUT2D eigenvalue weighted by atomic mass is 9.97. The zero-order valence-electron chi connectivity index (χ0n) is 24.2. The van der Waals surface area contributed by atoms with Gasteiger partial charge < -0.3 is 14.2 Å². The molecule has 216 valence electrons. The van der Waals surface area contributed by atoms with Crippen LogP contribution in [0.4, 0.5) is 0 Å². The molecule has 0 bridgehead atoms. The molecule has 0 saturated heterocycles. The first-order chi connectivity index (χ1) is 20.3. The van der Waals surface area contributed by atoms with Gasteiger partial charge in [-0.1, -0.05) is 135 Å². The fourth-order valence-corrected chi connectivity index (χ4v) is 4.80. The maximum Gasteiger partial charge on any atom is 0.112 e. The first-order valence-corrected chi connectivity index (χ1v) is 14.6. The van der Waals surface area contributed by atoms with Crippen LogP contribution in [0.1, 0.15) is 48.9 Å². The van der Waals surface area contributed by atoms with Crippen LogP contribution in [0.3, 0.4) is 0 Å². The highest BCUT2D eigenvalue weighted by molar-refractivity contribution is 5.16. The lowest BCUT2D eigenvalue weighted by Crippen LogP contribution is -2.53. The topological polar surface area (TPSA) is 49.0 Å². The fraction of sp³-hybridized carbons (Fsp3) is 0.333. The molecule has 0 heterocycles. The van der Waals surface area contributed by atoms with E-state index in [9.17, 15) is 0 Å². The van der Waals surface area contributed by atoms with Crippen LogP contribution in [0.5, 0.6) is 0 Å². The van der Waals surface area contributed by atoms with E-state index in [1.54, 1.807) is 0 Å². The summed E-state index contributed by atoms with van der Waals surface area (Å²) in [4.78, 5) is 6.04. The van der Waals surface area contributed by atoms with Crippen molar-refractivity contribution in [1.29, 1.82) is 0 Å². The summed E-state index contributed by atoms with van der Waals surface area (Å²) >= 11 is 0. The van der Waals surface area contributed by atoms with E-state index < -0.39 is 0 Å². The molecule has 0 amide bonds. The van der Waals surface area contributed by atoms with Gasteiger partial charge in [0, 0.05) is 0 Å². The highest BCUT2D eigenvalue weighted by atomic mass is 16.6. The van der Waals surface area contributed by atoms with E-state index in [1.807, 2.05) is 72.8 Å². The number of hydrogen-bond donors (Lipinski definition) is 1. The van der Waals surface area contributed by atoms with Gasteiger partial charge in [-0.25, -0.2) is 0 Å². The largest absolute Gasteiger partial charge is 0.371 e. The molecule has 5 nitrogen and oxygen atoms in total. The second-order valence-electron chi connectivity index (χ2n) is 10.2. The molecular formula is C36H43NO4. The Hall–Kier alpha value is -3.32. The minimum absolute atomic E-state index is 0.127. The van der Waals surface area contributed by atoms with Crippen molar-refractivity contribution >= 4 is 0 Å². The minimum atomic E-state index is -0.342. The molecular weight excluding hydrogens is 510 g/mol. The van der Waals surface area contributed by atoms with Crippen molar-refractivity contribution in [1.82, 2.24) is 5.48 Å². The van der Waals surface area contributed by atoms with E-state index in [0.717, 1.165) is 35.1 Å². The second-order valence-corrected chi connectivity index (χ2v) is 10.2. The molecule has 5 heteroatoms. The summed E-state index contributed by atoms with van der Waals surface area (Å²) < 4.78 is 20.0. The van der Waals surface area contributed by atoms with Crippen LogP contribution in [0.25, 0.3) is 0 Å². The maximum atomic E-state index is 6.72. The van der Waals surface area contributed by atoms with E-state index in [2.05, 4.69) is 67.9 Å². The highest BCUT2D eigenvalue weighted by Crippen LogP contribution is 2.24. The van der Waals surface area contributed by atoms with Crippen LogP contribution in [0, 0.1) is 0 Å². The van der Waals surface area contributed by atoms with Gasteiger partial charge in [-0.15, -0.1) is 0 Å². The number of benzene rings is 4. The molecule has 41 heavy (non-hydrogen) atoms. The summed E-state index contributed by atoms with van der Waals surface area (Å²) in [6.07, 6.45) is 0.698. The van der Waals surface area contributed by atoms with E-state index in [1.165, 1.54) is 0 Å². The monoisotopic (exact) mass is 553 g/mol. The standard InChI is InChI=1S/C36H43NO4/c1-3-33(37-41-28-32-23-15-8-16-24-32)35(39-26-30-19-11-6-12-20-30)36(40-27-31-21-13-7-14-22-31)34(4-2)38-25-29-17-9-5-10-18-29/h5-24,33-37H,3-4,25-28H2,1-2H3/t33?,34-,35+,36-/m1/s1. The van der Waals surface area contributed by atoms with Gasteiger partial charge in [0.1, 0.15) is 12.2 Å². The predicted octanol–water partition coefficient (Wildman–Crippen LogP) is 7.65. The van der Waals surface area contributed by atoms with Gasteiger partial charge in [-0.05, 0) is 35.1 Å². The Morgan fingerprint density at radius 2 is 0.854 bits per heavy atom. The lowest BCUT2D eigenvalue weighted by Gasteiger charge is -2.37. The average Bonchev–Trinajstić information content (AvgIpc) is 3.04. The van der Waals surface area contributed by atoms with Crippen LogP contribution >= 0.6 is 0 Å². The second kappa shape index (κ2) is 17.5. The molecule has 1 unspecified atom stereocenters. The highest BCUT2D eigenvalue weighted by Gasteiger charge is 2.36. The van der Waals surface area contributed by atoms with Crippen molar-refractivity contribution < 1.29 is 19.0 Å². The molecule has 4 atom stereocenters. The average molecular weight is 554 g/mol. The normalized spacial score (nSPS) is 14.3. The summed E-state index contributed by atoms with van der Waals surface area (Å²) in [6, 6.07) is 40.8. The molecule has 4 rings (SSSR count). The van der Waals surface area contributed by atoms with Gasteiger partial charge in [0.25, 0.3) is 0 Å². The molecule has 0 fully saturated rings. The molecule has 0 aromatic heterocycles. The van der Waals surface area contributed by atoms with Crippen molar-refractivity contribution in [2.75, 3.05) is 0 Å². The third-order valence-electron chi connectivity index (χ3n) is 7.12. The van der Waals surface area contributed by atoms with Gasteiger partial charge in [0.15, 0.2) is 0 Å². The van der Waals surface area contributed by atoms with Crippen molar-refractivity contribution in [3.05, 3.63) is 144 Å². The molecule has 1 N–H and O–H groups in total. The Morgan fingerprint density at radius 1 is 0.463 bits per heavy atom. The smallest absolute Gasteiger partial charge is 0.112 e. The summed E-state index contributed by atoms with van der Waals surface area (Å²) in [6.45, 7) is 6.17. The Labute approximate surface area is 245 Å². The Morgan fingerprint density at radius 3 is 1.27 bits per heavy atom. The van der Waals surface area contributed by atoms with Crippen molar-refractivity contribution in [3.8, 4) is 0 Å². The van der Waals surface area contributed by atoms with Crippen LogP contribution < -0.4 is 5.48 Å². The minimum Gasteiger partial charge on any atom is -0.371 e. The predicted molar refractivity (Wildman–Crippen MR) is 164 cm³/mol. The Balaban J connectivity index is 1.56. The molecule has 0 spiro atoms. The summed E-state index contributed by atoms with van der Waals surface area (Å²) in [5.74, 6) is 0. The molecule has 0 saturated carbocycles. The number of hydrogen-bond acceptors (Lipinski definition) is 5. The van der Waals surface area contributed by atoms with Crippen molar-refractivity contribution in [2.24, 2.45) is 0 Å². The summed E-state index contributed by atoms with van der Waals surface area (Å²) in [5, 5.41) is 0. The number of hydroxylamine groups is 1. The first kappa shape index (κ1) is 30.6. The van der Waals surface area contributed by atoms with E-state index in [-0.39, 0.29) is 24.4 Å². The molecule has 4 aromatic carbocycles. The van der Waals surface area contributed by atoms with Crippen LogP contribution in [0.15, 0.2) is 121 Å². The molecule has 0 aliphatic heterocycles. The van der Waals surface area contributed by atoms with E-state index in [0.29, 0.717) is 26.4 Å². The Bertz CT molecular complexity index is 1210. The third kappa shape index (κ3) is 10.2. The quantitative estimate of drug-likeness (QED) is 0.128. The maximum absolute atomic E-state index is 6.72. The van der Waals surface area contributed by atoms with Gasteiger partial charge in [0.05, 0.1) is 38.6 Å². The van der Waals surface area contributed by atoms with Crippen LogP contribution in [-0.4, -0.2) is 24.4 Å². The van der Waals surface area contributed by atoms with Gasteiger partial charge in [0.2, 0.25) is 0 Å². The summed E-state index contributed by atoms with van der Waals surface area (Å²) in [5.41, 5.74) is 7.78. The van der Waals surface area contributed by atoms with Gasteiger partial charge >= 0.3 is 0 Å². The Kier molecular flexibility index (Phi) is 13.1. The molecule has 4 aromatic rings. The van der Waals surface area contributed by atoms with Crippen molar-refractivity contribution in [3.63, 3.8) is 0 Å². The SMILES string of the molecule is CCC(NOCc1ccccc1)[C@H](OCc1ccccc1)[C@H](OCc1ccccc1)[C@@H](CC)OCc1ccccc1. The van der Waals surface area contributed by atoms with Crippen LogP contribution in [-0.2, 0) is 45.5 Å². The third-order valence-corrected chi connectivity index (χ3v) is 7.12. The lowest BCUT2D eigenvalue weighted by molar-refractivity contribution is -0.173. The van der Waals surface area contributed by atoms with E-state index >= 15 is 0 Å². The zero-order valence-corrected chi connectivity index (χ0v) is 24.2. The summed E-state index contributed by atoms with van der Waals surface area (Å²) in [7, 11) is 0. The van der Waals surface area contributed by atoms with Gasteiger partial charge in [-0.2, -0.15) is 5.48 Å². The van der Waals surface area contributed by atoms with Crippen LogP contribution in [0.2, 0.25) is 0 Å². The molecule has 0 aliphatic carbocycles. The van der Waals surface area contributed by atoms with E-state index in [4.69, 9.17) is 19.0 Å². The molecule has 0 aliphatic rings. The number of rotatable bonds is 18. The van der Waals surface area contributed by atoms with Crippen molar-refractivity contribution in [2.45, 2.75) is 77.5 Å². The molecule has 0 radical (unpaired) electrons. The zero-order chi connectivity index (χ0) is 28.5. The first-order valence-electron chi connectivity index (χ1n) is 14.6. The number of ether oxygens (including phenoxy) is 3. The number of nitrogens with one attached hydrogen (secondary N) is 1.